The van der Waals surface area contributed by atoms with E-state index in [0.29, 0.717) is 18.0 Å². The molecule has 2 fully saturated rings. The fraction of sp³-hybridized carbons (Fsp3) is 0.571. The smallest absolute Gasteiger partial charge is 0.126 e. The molecule has 2 heterocycles. The highest BCUT2D eigenvalue weighted by atomic mass is 19.1. The lowest BCUT2D eigenvalue weighted by molar-refractivity contribution is 0.356. The standard InChI is InChI=1S/C14H18FN/c1-9-2-5-14(15)13(6-9)10-7-11-3-4-12(8-10)16-11/h2,5-6,10-12,16H,3-4,7-8H2,1H3/t10?,11-,12+. The third kappa shape index (κ3) is 1.75. The minimum atomic E-state index is -0.0168. The van der Waals surface area contributed by atoms with Gasteiger partial charge >= 0.3 is 0 Å². The van der Waals surface area contributed by atoms with Gasteiger partial charge in [0.1, 0.15) is 5.82 Å². The van der Waals surface area contributed by atoms with Gasteiger partial charge in [0.05, 0.1) is 0 Å². The predicted molar refractivity (Wildman–Crippen MR) is 63.1 cm³/mol. The molecule has 3 atom stereocenters. The molecule has 2 aliphatic rings. The number of hydrogen-bond acceptors (Lipinski definition) is 1. The normalized spacial score (nSPS) is 33.0. The first-order chi connectivity index (χ1) is 7.72. The second kappa shape index (κ2) is 3.85. The molecule has 2 aliphatic heterocycles. The van der Waals surface area contributed by atoms with Crippen molar-refractivity contribution >= 4 is 0 Å². The molecular weight excluding hydrogens is 201 g/mol. The van der Waals surface area contributed by atoms with Crippen molar-refractivity contribution in [3.63, 3.8) is 0 Å². The van der Waals surface area contributed by atoms with Crippen LogP contribution in [0.25, 0.3) is 0 Å². The quantitative estimate of drug-likeness (QED) is 0.765. The van der Waals surface area contributed by atoms with Crippen molar-refractivity contribution in [1.82, 2.24) is 5.32 Å². The summed E-state index contributed by atoms with van der Waals surface area (Å²) in [7, 11) is 0. The van der Waals surface area contributed by atoms with Crippen molar-refractivity contribution in [2.75, 3.05) is 0 Å². The minimum Gasteiger partial charge on any atom is -0.311 e. The number of hydrogen-bond donors (Lipinski definition) is 1. The molecule has 0 saturated carbocycles. The Morgan fingerprint density at radius 3 is 2.56 bits per heavy atom. The summed E-state index contributed by atoms with van der Waals surface area (Å²) in [6.07, 6.45) is 4.76. The Balaban J connectivity index is 1.89. The zero-order valence-electron chi connectivity index (χ0n) is 9.67. The summed E-state index contributed by atoms with van der Waals surface area (Å²) in [6.45, 7) is 2.04. The van der Waals surface area contributed by atoms with Crippen LogP contribution < -0.4 is 5.32 Å². The molecule has 0 aliphatic carbocycles. The number of nitrogens with one attached hydrogen (secondary N) is 1. The van der Waals surface area contributed by atoms with Gasteiger partial charge in [-0.15, -0.1) is 0 Å². The van der Waals surface area contributed by atoms with Crippen LogP contribution in [0.3, 0.4) is 0 Å². The van der Waals surface area contributed by atoms with Crippen molar-refractivity contribution in [3.8, 4) is 0 Å². The van der Waals surface area contributed by atoms with Gasteiger partial charge in [-0.05, 0) is 50.2 Å². The highest BCUT2D eigenvalue weighted by molar-refractivity contribution is 5.28. The molecule has 1 aromatic rings. The number of fused-ring (bicyclic) bond motifs is 2. The average Bonchev–Trinajstić information content (AvgIpc) is 2.61. The van der Waals surface area contributed by atoms with Crippen LogP contribution in [0.1, 0.15) is 42.7 Å². The van der Waals surface area contributed by atoms with E-state index in [1.54, 1.807) is 6.07 Å². The molecule has 2 heteroatoms. The van der Waals surface area contributed by atoms with Crippen molar-refractivity contribution in [2.45, 2.75) is 50.6 Å². The number of aryl methyl sites for hydroxylation is 1. The van der Waals surface area contributed by atoms with E-state index in [2.05, 4.69) is 5.32 Å². The predicted octanol–water partition coefficient (Wildman–Crippen LogP) is 3.13. The number of rotatable bonds is 1. The van der Waals surface area contributed by atoms with Crippen LogP contribution in [0.5, 0.6) is 0 Å². The zero-order chi connectivity index (χ0) is 11.1. The lowest BCUT2D eigenvalue weighted by atomic mass is 9.85. The number of benzene rings is 1. The van der Waals surface area contributed by atoms with Gasteiger partial charge in [0.2, 0.25) is 0 Å². The molecule has 1 aromatic carbocycles. The molecule has 1 N–H and O–H groups in total. The minimum absolute atomic E-state index is 0.0168. The fourth-order valence-corrected chi connectivity index (χ4v) is 3.29. The molecular formula is C14H18FN. The lowest BCUT2D eigenvalue weighted by Crippen LogP contribution is -2.37. The molecule has 3 rings (SSSR count). The van der Waals surface area contributed by atoms with Gasteiger partial charge in [0, 0.05) is 12.1 Å². The monoisotopic (exact) mass is 219 g/mol. The van der Waals surface area contributed by atoms with Crippen LogP contribution in [-0.4, -0.2) is 12.1 Å². The summed E-state index contributed by atoms with van der Waals surface area (Å²) < 4.78 is 13.8. The van der Waals surface area contributed by atoms with E-state index in [9.17, 15) is 4.39 Å². The second-order valence-corrected chi connectivity index (χ2v) is 5.33. The van der Waals surface area contributed by atoms with E-state index in [-0.39, 0.29) is 5.82 Å². The topological polar surface area (TPSA) is 12.0 Å². The van der Waals surface area contributed by atoms with Gasteiger partial charge in [-0.3, -0.25) is 0 Å². The summed E-state index contributed by atoms with van der Waals surface area (Å²) in [6, 6.07) is 6.76. The molecule has 2 bridgehead atoms. The molecule has 0 spiro atoms. The van der Waals surface area contributed by atoms with E-state index in [1.165, 1.54) is 18.4 Å². The maximum atomic E-state index is 13.8. The van der Waals surface area contributed by atoms with Gasteiger partial charge in [-0.2, -0.15) is 0 Å². The van der Waals surface area contributed by atoms with Crippen LogP contribution in [0.4, 0.5) is 4.39 Å². The first-order valence-corrected chi connectivity index (χ1v) is 6.24. The molecule has 0 amide bonds. The molecule has 0 aromatic heterocycles. The summed E-state index contributed by atoms with van der Waals surface area (Å²) in [5.41, 5.74) is 2.11. The first-order valence-electron chi connectivity index (χ1n) is 6.24. The zero-order valence-corrected chi connectivity index (χ0v) is 9.67. The van der Waals surface area contributed by atoms with Gasteiger partial charge in [0.25, 0.3) is 0 Å². The maximum Gasteiger partial charge on any atom is 0.126 e. The summed E-state index contributed by atoms with van der Waals surface area (Å²) in [5, 5.41) is 3.60. The molecule has 1 nitrogen and oxygen atoms in total. The summed E-state index contributed by atoms with van der Waals surface area (Å²) in [4.78, 5) is 0. The molecule has 86 valence electrons. The Kier molecular flexibility index (Phi) is 2.47. The van der Waals surface area contributed by atoms with E-state index in [0.717, 1.165) is 18.4 Å². The van der Waals surface area contributed by atoms with Crippen LogP contribution in [0, 0.1) is 12.7 Å². The Morgan fingerprint density at radius 1 is 1.19 bits per heavy atom. The van der Waals surface area contributed by atoms with Gasteiger partial charge in [-0.1, -0.05) is 17.7 Å². The van der Waals surface area contributed by atoms with Crippen molar-refractivity contribution < 1.29 is 4.39 Å². The SMILES string of the molecule is Cc1ccc(F)c(C2C[C@H]3CC[C@@H](C2)N3)c1. The van der Waals surface area contributed by atoms with E-state index in [4.69, 9.17) is 0 Å². The van der Waals surface area contributed by atoms with Crippen molar-refractivity contribution in [1.29, 1.82) is 0 Å². The van der Waals surface area contributed by atoms with E-state index < -0.39 is 0 Å². The van der Waals surface area contributed by atoms with Crippen LogP contribution in [0.2, 0.25) is 0 Å². The van der Waals surface area contributed by atoms with E-state index in [1.807, 2.05) is 19.1 Å². The third-order valence-corrected chi connectivity index (χ3v) is 4.06. The van der Waals surface area contributed by atoms with Crippen LogP contribution >= 0.6 is 0 Å². The lowest BCUT2D eigenvalue weighted by Gasteiger charge is -2.29. The summed E-state index contributed by atoms with van der Waals surface area (Å²) >= 11 is 0. The first kappa shape index (κ1) is 10.3. The fourth-order valence-electron chi connectivity index (χ4n) is 3.29. The number of halogens is 1. The second-order valence-electron chi connectivity index (χ2n) is 5.33. The Bertz CT molecular complexity index is 390. The van der Waals surface area contributed by atoms with Gasteiger partial charge in [0.15, 0.2) is 0 Å². The molecule has 0 radical (unpaired) electrons. The molecule has 2 saturated heterocycles. The van der Waals surface area contributed by atoms with Crippen LogP contribution in [0.15, 0.2) is 18.2 Å². The molecule has 16 heavy (non-hydrogen) atoms. The Morgan fingerprint density at radius 2 is 1.88 bits per heavy atom. The Hall–Kier alpha value is -0.890. The Labute approximate surface area is 96.1 Å². The van der Waals surface area contributed by atoms with Crippen LogP contribution in [-0.2, 0) is 0 Å². The largest absolute Gasteiger partial charge is 0.311 e. The third-order valence-electron chi connectivity index (χ3n) is 4.06. The van der Waals surface area contributed by atoms with Crippen molar-refractivity contribution in [3.05, 3.63) is 35.1 Å². The highest BCUT2D eigenvalue weighted by Gasteiger charge is 2.34. The maximum absolute atomic E-state index is 13.8. The number of piperidine rings is 1. The molecule has 1 unspecified atom stereocenters. The summed E-state index contributed by atoms with van der Waals surface area (Å²) in [5.74, 6) is 0.413. The van der Waals surface area contributed by atoms with Gasteiger partial charge in [-0.25, -0.2) is 4.39 Å². The average molecular weight is 219 g/mol. The van der Waals surface area contributed by atoms with Crippen molar-refractivity contribution in [2.24, 2.45) is 0 Å². The van der Waals surface area contributed by atoms with E-state index >= 15 is 0 Å². The van der Waals surface area contributed by atoms with Gasteiger partial charge < -0.3 is 5.32 Å². The highest BCUT2D eigenvalue weighted by Crippen LogP contribution is 2.38.